The number of nitrogens with zero attached hydrogens (tertiary/aromatic N) is 1. The van der Waals surface area contributed by atoms with E-state index in [9.17, 15) is 4.79 Å². The second-order valence-electron chi connectivity index (χ2n) is 10.8. The molecule has 0 radical (unpaired) electrons. The summed E-state index contributed by atoms with van der Waals surface area (Å²) in [4.78, 5) is 18.6. The minimum Gasteiger partial charge on any atom is -0.492 e. The predicted molar refractivity (Wildman–Crippen MR) is 164 cm³/mol. The van der Waals surface area contributed by atoms with Gasteiger partial charge in [-0.15, -0.1) is 0 Å². The minimum atomic E-state index is -0.186. The predicted octanol–water partition coefficient (Wildman–Crippen LogP) is 7.19. The van der Waals surface area contributed by atoms with Gasteiger partial charge in [0.25, 0.3) is 5.56 Å². The topological polar surface area (TPSA) is 69.4 Å². The molecule has 0 aliphatic carbocycles. The smallest absolute Gasteiger partial charge is 0.260 e. The summed E-state index contributed by atoms with van der Waals surface area (Å²) in [5.41, 5.74) is 6.85. The molecule has 1 atom stereocenters. The molecule has 1 aromatic heterocycles. The van der Waals surface area contributed by atoms with Crippen LogP contribution in [0.5, 0.6) is 5.75 Å². The zero-order valence-corrected chi connectivity index (χ0v) is 23.9. The Labute approximate surface area is 235 Å². The highest BCUT2D eigenvalue weighted by molar-refractivity contribution is 6.34. The van der Waals surface area contributed by atoms with Gasteiger partial charge in [-0.2, -0.15) is 0 Å². The van der Waals surface area contributed by atoms with E-state index in [1.165, 1.54) is 12.8 Å². The van der Waals surface area contributed by atoms with Crippen LogP contribution in [0.2, 0.25) is 5.02 Å². The molecule has 5 rings (SSSR count). The van der Waals surface area contributed by atoms with Gasteiger partial charge in [0, 0.05) is 36.9 Å². The van der Waals surface area contributed by atoms with Crippen LogP contribution in [0.3, 0.4) is 0 Å². The van der Waals surface area contributed by atoms with Gasteiger partial charge in [-0.1, -0.05) is 47.3 Å². The number of nitrogens with one attached hydrogen (secondary N) is 3. The van der Waals surface area contributed by atoms with Crippen LogP contribution in [0, 0.1) is 13.8 Å². The highest BCUT2D eigenvalue weighted by atomic mass is 35.5. The minimum absolute atomic E-state index is 0.186. The fraction of sp³-hybridized carbons (Fsp3) is 0.344. The zero-order chi connectivity index (χ0) is 27.5. The van der Waals surface area contributed by atoms with Gasteiger partial charge in [0.2, 0.25) is 0 Å². The number of aryl methyl sites for hydroxylation is 2. The van der Waals surface area contributed by atoms with E-state index in [2.05, 4.69) is 38.7 Å². The molecule has 39 heavy (non-hydrogen) atoms. The number of H-pyrrole nitrogens is 1. The molecule has 0 unspecified atom stereocenters. The monoisotopic (exact) mass is 544 g/mol. The summed E-state index contributed by atoms with van der Waals surface area (Å²) >= 11 is 6.70. The number of pyridine rings is 1. The maximum atomic E-state index is 13.5. The molecule has 4 aromatic rings. The van der Waals surface area contributed by atoms with Crippen LogP contribution in [0.1, 0.15) is 36.8 Å². The van der Waals surface area contributed by atoms with E-state index >= 15 is 0 Å². The molecular weight excluding hydrogens is 508 g/mol. The molecule has 0 amide bonds. The Hall–Kier alpha value is -3.48. The van der Waals surface area contributed by atoms with Gasteiger partial charge in [-0.3, -0.25) is 4.79 Å². The van der Waals surface area contributed by atoms with E-state index in [1.807, 2.05) is 58.3 Å². The molecule has 1 aliphatic rings. The number of rotatable bonds is 8. The van der Waals surface area contributed by atoms with Gasteiger partial charge >= 0.3 is 0 Å². The van der Waals surface area contributed by atoms with Crippen molar-refractivity contribution in [1.29, 1.82) is 0 Å². The number of hydrogen-bond acceptors (Lipinski definition) is 5. The standard InChI is InChI=1S/C32H37ClN4O2/c1-20-15-21(2)17-22(16-20)30-31(39-14-12-23-7-5-6-13-34-23)26-18-29(27(33)19-28(26)36-32(30)38)35-24-8-10-25(11-9-24)37(3)4/h8-11,15-19,23,34-35H,5-7,12-14H2,1-4H3,(H,36,38)/t23-/m1/s1. The molecule has 6 nitrogen and oxygen atoms in total. The van der Waals surface area contributed by atoms with Gasteiger partial charge in [0.05, 0.1) is 28.4 Å². The third-order valence-corrected chi connectivity index (χ3v) is 7.67. The first kappa shape index (κ1) is 27.1. The van der Waals surface area contributed by atoms with Crippen LogP contribution in [0.15, 0.2) is 59.4 Å². The molecule has 1 aliphatic heterocycles. The number of hydrogen-bond donors (Lipinski definition) is 3. The van der Waals surface area contributed by atoms with Gasteiger partial charge in [-0.05, 0) is 81.6 Å². The molecular formula is C32H37ClN4O2. The van der Waals surface area contributed by atoms with E-state index in [-0.39, 0.29) is 5.56 Å². The van der Waals surface area contributed by atoms with Crippen molar-refractivity contribution in [3.8, 4) is 16.9 Å². The normalized spacial score (nSPS) is 15.4. The first-order valence-electron chi connectivity index (χ1n) is 13.7. The number of ether oxygens (including phenoxy) is 1. The molecule has 1 saturated heterocycles. The van der Waals surface area contributed by atoms with Crippen LogP contribution >= 0.6 is 11.6 Å². The Morgan fingerprint density at radius 1 is 1.03 bits per heavy atom. The highest BCUT2D eigenvalue weighted by Gasteiger charge is 2.20. The van der Waals surface area contributed by atoms with Gasteiger partial charge in [0.15, 0.2) is 0 Å². The Bertz CT molecular complexity index is 1500. The summed E-state index contributed by atoms with van der Waals surface area (Å²) in [6.07, 6.45) is 4.50. The van der Waals surface area contributed by atoms with Crippen molar-refractivity contribution in [2.75, 3.05) is 37.5 Å². The van der Waals surface area contributed by atoms with Crippen LogP contribution in [0.4, 0.5) is 17.1 Å². The van der Waals surface area contributed by atoms with Crippen molar-refractivity contribution in [2.45, 2.75) is 45.6 Å². The lowest BCUT2D eigenvalue weighted by Crippen LogP contribution is -2.35. The van der Waals surface area contributed by atoms with Crippen LogP contribution < -0.4 is 25.8 Å². The zero-order valence-electron chi connectivity index (χ0n) is 23.2. The second-order valence-corrected chi connectivity index (χ2v) is 11.2. The summed E-state index contributed by atoms with van der Waals surface area (Å²) in [5.74, 6) is 0.595. The van der Waals surface area contributed by atoms with E-state index in [4.69, 9.17) is 16.3 Å². The fourth-order valence-electron chi connectivity index (χ4n) is 5.39. The summed E-state index contributed by atoms with van der Waals surface area (Å²) in [6, 6.07) is 18.6. The lowest BCUT2D eigenvalue weighted by Gasteiger charge is -2.24. The van der Waals surface area contributed by atoms with Crippen molar-refractivity contribution in [3.63, 3.8) is 0 Å². The number of aromatic nitrogens is 1. The number of piperidine rings is 1. The van der Waals surface area contributed by atoms with E-state index in [0.29, 0.717) is 34.5 Å². The molecule has 1 fully saturated rings. The molecule has 7 heteroatoms. The molecule has 3 N–H and O–H groups in total. The van der Waals surface area contributed by atoms with Crippen LogP contribution in [-0.4, -0.2) is 38.3 Å². The molecule has 0 spiro atoms. The molecule has 0 bridgehead atoms. The van der Waals surface area contributed by atoms with Gasteiger partial charge in [0.1, 0.15) is 5.75 Å². The lowest BCUT2D eigenvalue weighted by molar-refractivity contribution is 0.271. The number of fused-ring (bicyclic) bond motifs is 1. The lowest BCUT2D eigenvalue weighted by atomic mass is 9.99. The summed E-state index contributed by atoms with van der Waals surface area (Å²) in [5, 5.41) is 8.38. The number of anilines is 3. The quantitative estimate of drug-likeness (QED) is 0.219. The summed E-state index contributed by atoms with van der Waals surface area (Å²) < 4.78 is 6.52. The van der Waals surface area contributed by atoms with E-state index in [0.717, 1.165) is 58.5 Å². The van der Waals surface area contributed by atoms with Crippen LogP contribution in [0.25, 0.3) is 22.0 Å². The van der Waals surface area contributed by atoms with Crippen molar-refractivity contribution < 1.29 is 4.74 Å². The molecule has 3 aromatic carbocycles. The van der Waals surface area contributed by atoms with Crippen molar-refractivity contribution in [2.24, 2.45) is 0 Å². The molecule has 204 valence electrons. The van der Waals surface area contributed by atoms with Crippen LogP contribution in [-0.2, 0) is 0 Å². The third kappa shape index (κ3) is 6.23. The van der Waals surface area contributed by atoms with Crippen molar-refractivity contribution in [3.05, 3.63) is 81.1 Å². The van der Waals surface area contributed by atoms with E-state index < -0.39 is 0 Å². The number of benzene rings is 3. The fourth-order valence-corrected chi connectivity index (χ4v) is 5.60. The van der Waals surface area contributed by atoms with Crippen molar-refractivity contribution >= 4 is 39.6 Å². The van der Waals surface area contributed by atoms with E-state index in [1.54, 1.807) is 6.07 Å². The average molecular weight is 545 g/mol. The Kier molecular flexibility index (Phi) is 8.15. The Balaban J connectivity index is 1.58. The summed E-state index contributed by atoms with van der Waals surface area (Å²) in [6.45, 7) is 5.66. The first-order valence-corrected chi connectivity index (χ1v) is 14.0. The SMILES string of the molecule is Cc1cc(C)cc(-c2c(OCC[C@H]3CCCCN3)c3cc(Nc4ccc(N(C)C)cc4)c(Cl)cc3[nH]c2=O)c1. The molecule has 0 saturated carbocycles. The Morgan fingerprint density at radius 2 is 1.77 bits per heavy atom. The second kappa shape index (κ2) is 11.7. The molecule has 2 heterocycles. The van der Waals surface area contributed by atoms with Gasteiger partial charge < -0.3 is 25.3 Å². The third-order valence-electron chi connectivity index (χ3n) is 7.35. The van der Waals surface area contributed by atoms with Crippen molar-refractivity contribution in [1.82, 2.24) is 10.3 Å². The van der Waals surface area contributed by atoms with Gasteiger partial charge in [-0.25, -0.2) is 0 Å². The largest absolute Gasteiger partial charge is 0.492 e. The first-order chi connectivity index (χ1) is 18.8. The maximum Gasteiger partial charge on any atom is 0.260 e. The maximum absolute atomic E-state index is 13.5. The Morgan fingerprint density at radius 3 is 2.44 bits per heavy atom. The number of aromatic amines is 1. The average Bonchev–Trinajstić information content (AvgIpc) is 2.89. The summed E-state index contributed by atoms with van der Waals surface area (Å²) in [7, 11) is 4.03. The number of halogens is 1. The highest BCUT2D eigenvalue weighted by Crippen LogP contribution is 2.39.